The maximum Gasteiger partial charge on any atom is 0.205 e. The second kappa shape index (κ2) is 8.73. The van der Waals surface area contributed by atoms with Crippen LogP contribution in [0.1, 0.15) is 26.3 Å². The molecule has 0 saturated carbocycles. The lowest BCUT2D eigenvalue weighted by Crippen LogP contribution is -2.76. The monoisotopic (exact) mass is 395 g/mol. The van der Waals surface area contributed by atoms with Gasteiger partial charge in [0.2, 0.25) is 5.36 Å². The van der Waals surface area contributed by atoms with Crippen LogP contribution in [0.5, 0.6) is 0 Å². The number of rotatable bonds is 2. The third-order valence-electron chi connectivity index (χ3n) is 3.88. The first-order valence-corrected chi connectivity index (χ1v) is 9.73. The van der Waals surface area contributed by atoms with Crippen LogP contribution in [0.4, 0.5) is 0 Å². The highest BCUT2D eigenvalue weighted by Crippen LogP contribution is 2.14. The zero-order valence-electron chi connectivity index (χ0n) is 15.6. The van der Waals surface area contributed by atoms with Crippen LogP contribution in [0.25, 0.3) is 23.6 Å². The molecule has 0 radical (unpaired) electrons. The summed E-state index contributed by atoms with van der Waals surface area (Å²) in [7, 11) is -4.94. The lowest BCUT2D eigenvalue weighted by molar-refractivity contribution is -2.00. The Kier molecular flexibility index (Phi) is 6.85. The number of hydrogen-bond acceptors (Lipinski definition) is 7. The van der Waals surface area contributed by atoms with Crippen molar-refractivity contribution < 1.29 is 38.3 Å². The Bertz CT molecular complexity index is 986. The number of nitrogens with zero attached hydrogens (tertiary/aromatic N) is 2. The quantitative estimate of drug-likeness (QED) is 0.539. The molecule has 3 rings (SSSR count). The van der Waals surface area contributed by atoms with Crippen molar-refractivity contribution in [2.24, 2.45) is 10.9 Å². The van der Waals surface area contributed by atoms with Crippen molar-refractivity contribution in [3.63, 3.8) is 0 Å². The van der Waals surface area contributed by atoms with Crippen LogP contribution in [0.2, 0.25) is 0 Å². The van der Waals surface area contributed by atoms with Gasteiger partial charge in [0, 0.05) is 29.8 Å². The Morgan fingerprint density at radius 3 is 2.48 bits per heavy atom. The molecule has 1 atom stereocenters. The summed E-state index contributed by atoms with van der Waals surface area (Å²) in [4.78, 5) is 12.6. The van der Waals surface area contributed by atoms with Crippen molar-refractivity contribution in [3.8, 4) is 11.5 Å². The maximum absolute atomic E-state index is 8.49. The molecule has 0 saturated heterocycles. The fraction of sp³-hybridized carbons (Fsp3) is 0.389. The molecule has 8 nitrogen and oxygen atoms in total. The van der Waals surface area contributed by atoms with Gasteiger partial charge in [0.15, 0.2) is 11.2 Å². The predicted molar refractivity (Wildman–Crippen MR) is 87.8 cm³/mol. The highest BCUT2D eigenvalue weighted by atomic mass is 35.7. The summed E-state index contributed by atoms with van der Waals surface area (Å²) in [6.07, 6.45) is 4.14. The van der Waals surface area contributed by atoms with Gasteiger partial charge in [-0.2, -0.15) is 0 Å². The summed E-state index contributed by atoms with van der Waals surface area (Å²) in [5, 5.41) is 2.00. The summed E-state index contributed by atoms with van der Waals surface area (Å²) in [5.41, 5.74) is 3.92. The number of fused-ring (bicyclic) bond motifs is 2. The molecule has 27 heavy (non-hydrogen) atoms. The molecule has 1 heterocycles. The molecule has 1 unspecified atom stereocenters. The van der Waals surface area contributed by atoms with E-state index in [2.05, 4.69) is 42.9 Å². The van der Waals surface area contributed by atoms with Gasteiger partial charge in [-0.25, -0.2) is 28.6 Å². The van der Waals surface area contributed by atoms with E-state index < -0.39 is 10.2 Å². The van der Waals surface area contributed by atoms with Gasteiger partial charge in [-0.15, -0.1) is 10.2 Å². The zero-order chi connectivity index (χ0) is 20.2. The van der Waals surface area contributed by atoms with Crippen LogP contribution in [-0.2, 0) is 0 Å². The van der Waals surface area contributed by atoms with Gasteiger partial charge < -0.3 is 4.42 Å². The Labute approximate surface area is 158 Å². The second-order valence-electron chi connectivity index (χ2n) is 6.01. The van der Waals surface area contributed by atoms with Crippen molar-refractivity contribution >= 4 is 17.9 Å². The van der Waals surface area contributed by atoms with E-state index in [1.54, 1.807) is 0 Å². The highest BCUT2D eigenvalue weighted by molar-refractivity contribution is 6.14. The van der Waals surface area contributed by atoms with E-state index in [-0.39, 0.29) is 5.92 Å². The molecule has 9 heteroatoms. The molecule has 0 aromatic rings. The molecule has 3 aliphatic rings. The largest absolute Gasteiger partial charge is 0.453 e. The summed E-state index contributed by atoms with van der Waals surface area (Å²) in [5.74, 6) is 1.07. The van der Waals surface area contributed by atoms with Crippen LogP contribution in [0, 0.1) is 23.1 Å². The normalized spacial score (nSPS) is 18.4. The van der Waals surface area contributed by atoms with Crippen LogP contribution >= 0.6 is 0 Å². The van der Waals surface area contributed by atoms with Crippen LogP contribution in [-0.4, -0.2) is 23.8 Å². The maximum atomic E-state index is 8.49. The number of hydrogen-bond donors (Lipinski definition) is 1. The minimum Gasteiger partial charge on any atom is -0.453 e. The molecule has 0 fully saturated rings. The van der Waals surface area contributed by atoms with Crippen LogP contribution in [0.3, 0.4) is 0 Å². The van der Waals surface area contributed by atoms with Gasteiger partial charge in [0.1, 0.15) is 17.6 Å². The van der Waals surface area contributed by atoms with Crippen molar-refractivity contribution in [2.45, 2.75) is 27.7 Å². The zero-order valence-corrected chi connectivity index (χ0v) is 16.4. The van der Waals surface area contributed by atoms with Gasteiger partial charge >= 0.3 is 0 Å². The standard InChI is InChI=1S/C18H21N3O.ClHO4/c1-5-19-13-9-17-15(7-11(13)3)21-16-8-12(4)14(20-6-2)10-18(16)22-17;2-1(3,4)5/h7-11H,5-6H2,1-4H3;(H,2,3,4,5). The first-order chi connectivity index (χ1) is 12.6. The van der Waals surface area contributed by atoms with Crippen molar-refractivity contribution in [3.05, 3.63) is 33.8 Å². The van der Waals surface area contributed by atoms with E-state index in [0.29, 0.717) is 0 Å². The van der Waals surface area contributed by atoms with E-state index >= 15 is 0 Å². The van der Waals surface area contributed by atoms with E-state index in [1.807, 2.05) is 19.1 Å². The van der Waals surface area contributed by atoms with E-state index in [1.165, 1.54) is 5.56 Å². The third kappa shape index (κ3) is 5.95. The average Bonchev–Trinajstić information content (AvgIpc) is 2.54. The topological polar surface area (TPSA) is 145 Å². The van der Waals surface area contributed by atoms with Crippen molar-refractivity contribution in [2.75, 3.05) is 13.1 Å². The van der Waals surface area contributed by atoms with Crippen LogP contribution < -0.4 is 39.8 Å². The van der Waals surface area contributed by atoms with Crippen molar-refractivity contribution in [1.29, 1.82) is 0 Å². The molecule has 0 aromatic heterocycles. The molecule has 0 bridgehead atoms. The molecule has 1 N–H and O–H groups in total. The molecule has 0 aromatic carbocycles. The number of benzene rings is 1. The van der Waals surface area contributed by atoms with E-state index in [9.17, 15) is 0 Å². The average molecular weight is 396 g/mol. The van der Waals surface area contributed by atoms with Gasteiger partial charge in [-0.3, -0.25) is 4.99 Å². The molecular formula is C18H22ClN3O5. The molecule has 0 spiro atoms. The van der Waals surface area contributed by atoms with E-state index in [0.717, 1.165) is 46.4 Å². The van der Waals surface area contributed by atoms with Crippen LogP contribution in [0.15, 0.2) is 21.5 Å². The summed E-state index contributed by atoms with van der Waals surface area (Å²) >= 11 is 0. The Hall–Kier alpha value is -2.10. The number of aliphatic imine (C=N–C) groups is 1. The lowest BCUT2D eigenvalue weighted by Gasteiger charge is -2.17. The van der Waals surface area contributed by atoms with Gasteiger partial charge in [-0.1, -0.05) is 6.92 Å². The smallest absolute Gasteiger partial charge is 0.205 e. The fourth-order valence-electron chi connectivity index (χ4n) is 2.76. The summed E-state index contributed by atoms with van der Waals surface area (Å²) < 4.78 is 40.1. The predicted octanol–water partition coefficient (Wildman–Crippen LogP) is -5.00. The molecule has 2 aliphatic carbocycles. The second-order valence-corrected chi connectivity index (χ2v) is 6.76. The van der Waals surface area contributed by atoms with Gasteiger partial charge in [0.05, 0.1) is 6.07 Å². The third-order valence-corrected chi connectivity index (χ3v) is 3.88. The van der Waals surface area contributed by atoms with Gasteiger partial charge in [-0.05, 0) is 32.9 Å². The number of halogens is 1. The minimum absolute atomic E-state index is 0.273. The summed E-state index contributed by atoms with van der Waals surface area (Å²) in [6, 6.07) is 4.11. The Balaban J connectivity index is 0.000000465. The molecule has 146 valence electrons. The number of aryl methyl sites for hydroxylation is 1. The Morgan fingerprint density at radius 2 is 1.89 bits per heavy atom. The van der Waals surface area contributed by atoms with Crippen molar-refractivity contribution in [1.82, 2.24) is 4.98 Å². The summed E-state index contributed by atoms with van der Waals surface area (Å²) in [6.45, 7) is 10.0. The van der Waals surface area contributed by atoms with Gasteiger partial charge in [0.25, 0.3) is 0 Å². The number of nitrogens with one attached hydrogen (secondary N) is 1. The first kappa shape index (κ1) is 21.2. The highest BCUT2D eigenvalue weighted by Gasteiger charge is 2.15. The number of aromatic nitrogens is 1. The molecule has 1 aliphatic heterocycles. The lowest BCUT2D eigenvalue weighted by atomic mass is 10.0. The SMILES string of the molecule is CCN=C1C=c2oc3cc(=[NH+]CC)c(C)cc-3nc2=CC1C.[O-][Cl+3]([O-])([O-])[O-]. The molecular weight excluding hydrogens is 374 g/mol. The van der Waals surface area contributed by atoms with E-state index in [4.69, 9.17) is 28.0 Å². The Morgan fingerprint density at radius 1 is 1.22 bits per heavy atom. The molecule has 0 amide bonds. The first-order valence-electron chi connectivity index (χ1n) is 8.50. The fourth-order valence-corrected chi connectivity index (χ4v) is 2.76. The minimum atomic E-state index is -4.94.